The number of methoxy groups -OCH3 is 1. The van der Waals surface area contributed by atoms with Crippen molar-refractivity contribution in [1.29, 1.82) is 0 Å². The van der Waals surface area contributed by atoms with Crippen LogP contribution in [0.1, 0.15) is 41.4 Å². The zero-order valence-electron chi connectivity index (χ0n) is 20.6. The minimum absolute atomic E-state index is 0.0996. The smallest absolute Gasteiger partial charge is 0.243 e. The Hall–Kier alpha value is -3.17. The van der Waals surface area contributed by atoms with E-state index in [-0.39, 0.29) is 11.8 Å². The lowest BCUT2D eigenvalue weighted by atomic mass is 9.96. The molecule has 1 aromatic heterocycles. The molecule has 0 spiro atoms. The molecule has 1 amide bonds. The number of nitrogens with zero attached hydrogens (tertiary/aromatic N) is 3. The first-order valence-electron chi connectivity index (χ1n) is 11.7. The summed E-state index contributed by atoms with van der Waals surface area (Å²) in [6.45, 7) is 4.38. The Kier molecular flexibility index (Phi) is 7.28. The SMILES string of the molecule is COc1ccc([C@H](NC(=O)C2CCN(S(=O)(=O)c3ccc(C)cc3C)CC2)c2nccn2C)cc1. The summed E-state index contributed by atoms with van der Waals surface area (Å²) >= 11 is 0. The van der Waals surface area contributed by atoms with Crippen molar-refractivity contribution < 1.29 is 17.9 Å². The quantitative estimate of drug-likeness (QED) is 0.542. The fourth-order valence-corrected chi connectivity index (χ4v) is 6.27. The van der Waals surface area contributed by atoms with Gasteiger partial charge in [0.25, 0.3) is 0 Å². The highest BCUT2D eigenvalue weighted by atomic mass is 32.2. The number of carbonyl (C=O) groups is 1. The van der Waals surface area contributed by atoms with Gasteiger partial charge in [-0.2, -0.15) is 4.31 Å². The highest BCUT2D eigenvalue weighted by molar-refractivity contribution is 7.89. The summed E-state index contributed by atoms with van der Waals surface area (Å²) in [5.74, 6) is 1.08. The van der Waals surface area contributed by atoms with Crippen molar-refractivity contribution in [3.05, 3.63) is 77.4 Å². The molecular weight excluding hydrogens is 464 g/mol. The summed E-state index contributed by atoms with van der Waals surface area (Å²) in [5.41, 5.74) is 2.65. The Balaban J connectivity index is 1.47. The topological polar surface area (TPSA) is 93.5 Å². The molecule has 0 aliphatic carbocycles. The number of imidazole rings is 1. The van der Waals surface area contributed by atoms with Crippen LogP contribution in [0.15, 0.2) is 59.8 Å². The molecule has 0 unspecified atom stereocenters. The molecule has 2 heterocycles. The summed E-state index contributed by atoms with van der Waals surface area (Å²) in [6.07, 6.45) is 4.47. The lowest BCUT2D eigenvalue weighted by molar-refractivity contribution is -0.126. The molecule has 1 atom stereocenters. The normalized spacial score (nSPS) is 16.1. The van der Waals surface area contributed by atoms with E-state index in [1.165, 1.54) is 4.31 Å². The summed E-state index contributed by atoms with van der Waals surface area (Å²) in [4.78, 5) is 18.1. The highest BCUT2D eigenvalue weighted by Gasteiger charge is 2.34. The van der Waals surface area contributed by atoms with Crippen LogP contribution >= 0.6 is 0 Å². The molecule has 4 rings (SSSR count). The van der Waals surface area contributed by atoms with Crippen LogP contribution in [-0.4, -0.2) is 48.4 Å². The van der Waals surface area contributed by atoms with Crippen LogP contribution in [0.25, 0.3) is 0 Å². The summed E-state index contributed by atoms with van der Waals surface area (Å²) < 4.78 is 35.1. The van der Waals surface area contributed by atoms with Gasteiger partial charge >= 0.3 is 0 Å². The van der Waals surface area contributed by atoms with Gasteiger partial charge in [-0.25, -0.2) is 13.4 Å². The first-order valence-corrected chi connectivity index (χ1v) is 13.1. The molecule has 9 heteroatoms. The highest BCUT2D eigenvalue weighted by Crippen LogP contribution is 2.28. The number of piperidine rings is 1. The van der Waals surface area contributed by atoms with E-state index >= 15 is 0 Å². The average molecular weight is 497 g/mol. The number of benzene rings is 2. The third-order valence-corrected chi connectivity index (χ3v) is 8.68. The first kappa shape index (κ1) is 24.9. The predicted molar refractivity (Wildman–Crippen MR) is 134 cm³/mol. The maximum absolute atomic E-state index is 13.3. The van der Waals surface area contributed by atoms with Crippen LogP contribution in [-0.2, 0) is 21.9 Å². The van der Waals surface area contributed by atoms with Gasteiger partial charge in [-0.05, 0) is 56.0 Å². The second-order valence-corrected chi connectivity index (χ2v) is 11.0. The van der Waals surface area contributed by atoms with Crippen molar-refractivity contribution in [2.75, 3.05) is 20.2 Å². The van der Waals surface area contributed by atoms with Gasteiger partial charge in [0, 0.05) is 38.4 Å². The van der Waals surface area contributed by atoms with Gasteiger partial charge < -0.3 is 14.6 Å². The van der Waals surface area contributed by atoms with Crippen molar-refractivity contribution in [1.82, 2.24) is 19.2 Å². The predicted octanol–water partition coefficient (Wildman–Crippen LogP) is 3.35. The van der Waals surface area contributed by atoms with Crippen LogP contribution in [0.4, 0.5) is 0 Å². The van der Waals surface area contributed by atoms with Crippen LogP contribution in [0.5, 0.6) is 5.75 Å². The molecule has 1 fully saturated rings. The largest absolute Gasteiger partial charge is 0.497 e. The lowest BCUT2D eigenvalue weighted by Crippen LogP contribution is -2.44. The first-order chi connectivity index (χ1) is 16.7. The standard InChI is InChI=1S/C26H32N4O4S/c1-18-5-10-23(19(2)17-18)35(32,33)30-14-11-21(12-15-30)26(31)28-24(25-27-13-16-29(25)3)20-6-8-22(34-4)9-7-20/h5-10,13,16-17,21,24H,11-12,14-15H2,1-4H3,(H,28,31)/t24-/m0/s1. The van der Waals surface area contributed by atoms with Gasteiger partial charge in [-0.1, -0.05) is 29.8 Å². The van der Waals surface area contributed by atoms with Crippen molar-refractivity contribution in [3.63, 3.8) is 0 Å². The molecule has 35 heavy (non-hydrogen) atoms. The summed E-state index contributed by atoms with van der Waals surface area (Å²) in [5, 5.41) is 3.15. The Morgan fingerprint density at radius 1 is 1.11 bits per heavy atom. The molecular formula is C26H32N4O4S. The molecule has 1 aliphatic rings. The fraction of sp³-hybridized carbons (Fsp3) is 0.385. The Labute approximate surface area is 207 Å². The number of sulfonamides is 1. The number of aryl methyl sites for hydroxylation is 3. The molecule has 1 aliphatic heterocycles. The van der Waals surface area contributed by atoms with E-state index in [1.54, 1.807) is 19.4 Å². The van der Waals surface area contributed by atoms with Gasteiger partial charge in [0.15, 0.2) is 0 Å². The minimum atomic E-state index is -3.60. The minimum Gasteiger partial charge on any atom is -0.497 e. The summed E-state index contributed by atoms with van der Waals surface area (Å²) in [7, 11) is -0.0948. The molecule has 8 nitrogen and oxygen atoms in total. The van der Waals surface area contributed by atoms with Crippen molar-refractivity contribution in [3.8, 4) is 5.75 Å². The van der Waals surface area contributed by atoms with Crippen LogP contribution in [0.3, 0.4) is 0 Å². The number of carbonyl (C=O) groups excluding carboxylic acids is 1. The van der Waals surface area contributed by atoms with Gasteiger partial charge in [-0.3, -0.25) is 4.79 Å². The Morgan fingerprint density at radius 2 is 1.80 bits per heavy atom. The molecule has 0 saturated carbocycles. The number of hydrogen-bond donors (Lipinski definition) is 1. The fourth-order valence-electron chi connectivity index (χ4n) is 4.59. The number of amides is 1. The maximum atomic E-state index is 13.3. The monoisotopic (exact) mass is 496 g/mol. The molecule has 0 bridgehead atoms. The van der Waals surface area contributed by atoms with E-state index in [0.29, 0.717) is 30.8 Å². The van der Waals surface area contributed by atoms with E-state index in [4.69, 9.17) is 4.74 Å². The molecule has 0 radical (unpaired) electrons. The Morgan fingerprint density at radius 3 is 2.37 bits per heavy atom. The third kappa shape index (κ3) is 5.26. The van der Waals surface area contributed by atoms with Gasteiger partial charge in [0.2, 0.25) is 15.9 Å². The average Bonchev–Trinajstić information content (AvgIpc) is 3.27. The molecule has 3 aromatic rings. The molecule has 1 saturated heterocycles. The zero-order chi connectivity index (χ0) is 25.2. The summed E-state index contributed by atoms with van der Waals surface area (Å²) in [6, 6.07) is 12.5. The second-order valence-electron chi connectivity index (χ2n) is 9.06. The van der Waals surface area contributed by atoms with E-state index in [0.717, 1.165) is 28.3 Å². The lowest BCUT2D eigenvalue weighted by Gasteiger charge is -2.32. The van der Waals surface area contributed by atoms with Crippen LogP contribution < -0.4 is 10.1 Å². The van der Waals surface area contributed by atoms with Gasteiger partial charge in [0.1, 0.15) is 17.6 Å². The van der Waals surface area contributed by atoms with Gasteiger partial charge in [-0.15, -0.1) is 0 Å². The van der Waals surface area contributed by atoms with Gasteiger partial charge in [0.05, 0.1) is 12.0 Å². The van der Waals surface area contributed by atoms with E-state index in [1.807, 2.05) is 68.1 Å². The molecule has 2 aromatic carbocycles. The number of hydrogen-bond acceptors (Lipinski definition) is 5. The van der Waals surface area contributed by atoms with E-state index < -0.39 is 16.1 Å². The van der Waals surface area contributed by atoms with E-state index in [2.05, 4.69) is 10.3 Å². The molecule has 186 valence electrons. The number of ether oxygens (including phenoxy) is 1. The number of nitrogens with one attached hydrogen (secondary N) is 1. The third-order valence-electron chi connectivity index (χ3n) is 6.63. The zero-order valence-corrected chi connectivity index (χ0v) is 21.4. The van der Waals surface area contributed by atoms with Crippen LogP contribution in [0.2, 0.25) is 0 Å². The molecule has 1 N–H and O–H groups in total. The number of rotatable bonds is 7. The Bertz CT molecular complexity index is 1290. The maximum Gasteiger partial charge on any atom is 0.243 e. The number of aromatic nitrogens is 2. The van der Waals surface area contributed by atoms with Crippen molar-refractivity contribution >= 4 is 15.9 Å². The van der Waals surface area contributed by atoms with E-state index in [9.17, 15) is 13.2 Å². The second kappa shape index (κ2) is 10.2. The van der Waals surface area contributed by atoms with Crippen LogP contribution in [0, 0.1) is 19.8 Å². The van der Waals surface area contributed by atoms with Crippen molar-refractivity contribution in [2.45, 2.75) is 37.6 Å². The van der Waals surface area contributed by atoms with Crippen molar-refractivity contribution in [2.24, 2.45) is 13.0 Å².